The van der Waals surface area contributed by atoms with Crippen LogP contribution in [0.5, 0.6) is 5.75 Å². The number of hydrogen-bond acceptors (Lipinski definition) is 5. The van der Waals surface area contributed by atoms with Crippen molar-refractivity contribution in [2.45, 2.75) is 34.1 Å². The first-order chi connectivity index (χ1) is 11.7. The number of nitrogens with one attached hydrogen (secondary N) is 1. The molecule has 1 aliphatic rings. The lowest BCUT2D eigenvalue weighted by Crippen LogP contribution is -2.32. The van der Waals surface area contributed by atoms with E-state index in [4.69, 9.17) is 21.1 Å². The van der Waals surface area contributed by atoms with Gasteiger partial charge in [-0.25, -0.2) is 5.43 Å². The second kappa shape index (κ2) is 7.44. The van der Waals surface area contributed by atoms with E-state index in [-0.39, 0.29) is 24.4 Å². The van der Waals surface area contributed by atoms with E-state index in [1.165, 1.54) is 7.11 Å². The van der Waals surface area contributed by atoms with Gasteiger partial charge >= 0.3 is 5.97 Å². The molecule has 0 fully saturated rings. The van der Waals surface area contributed by atoms with Crippen molar-refractivity contribution in [3.8, 4) is 5.75 Å². The molecule has 0 saturated heterocycles. The number of hydrazone groups is 1. The molecule has 1 unspecified atom stereocenters. The number of rotatable bonds is 5. The van der Waals surface area contributed by atoms with Gasteiger partial charge in [-0.2, -0.15) is 5.10 Å². The van der Waals surface area contributed by atoms with Gasteiger partial charge in [0.05, 0.1) is 23.3 Å². The van der Waals surface area contributed by atoms with Crippen molar-refractivity contribution in [2.24, 2.45) is 16.4 Å². The Morgan fingerprint density at radius 2 is 2.12 bits per heavy atom. The van der Waals surface area contributed by atoms with Crippen LogP contribution in [0.3, 0.4) is 0 Å². The van der Waals surface area contributed by atoms with Crippen LogP contribution in [0.15, 0.2) is 17.2 Å². The van der Waals surface area contributed by atoms with Crippen LogP contribution in [-0.4, -0.2) is 31.3 Å². The van der Waals surface area contributed by atoms with Gasteiger partial charge in [-0.1, -0.05) is 18.5 Å². The van der Waals surface area contributed by atoms with Crippen molar-refractivity contribution in [3.05, 3.63) is 28.3 Å². The van der Waals surface area contributed by atoms with Gasteiger partial charge in [0.15, 0.2) is 0 Å². The van der Waals surface area contributed by atoms with Gasteiger partial charge in [0.1, 0.15) is 12.4 Å². The smallest absolute Gasteiger partial charge is 0.314 e. The summed E-state index contributed by atoms with van der Waals surface area (Å²) in [7, 11) is 1.35. The first-order valence-corrected chi connectivity index (χ1v) is 8.41. The van der Waals surface area contributed by atoms with Gasteiger partial charge in [-0.15, -0.1) is 0 Å². The topological polar surface area (TPSA) is 77.0 Å². The third-order valence-corrected chi connectivity index (χ3v) is 4.38. The molecule has 1 aromatic rings. The van der Waals surface area contributed by atoms with E-state index in [0.717, 1.165) is 16.8 Å². The SMILES string of the molecule is COC(=O)C(C)(C)COc1c(C)cc(C2=NNC(=O)CC2C)cc1Cl. The van der Waals surface area contributed by atoms with Crippen LogP contribution in [0.25, 0.3) is 0 Å². The fraction of sp³-hybridized carbons (Fsp3) is 0.500. The third-order valence-electron chi connectivity index (χ3n) is 4.10. The quantitative estimate of drug-likeness (QED) is 0.812. The molecule has 6 nitrogen and oxygen atoms in total. The van der Waals surface area contributed by atoms with Crippen LogP contribution in [-0.2, 0) is 14.3 Å². The highest BCUT2D eigenvalue weighted by Crippen LogP contribution is 2.33. The van der Waals surface area contributed by atoms with Crippen LogP contribution in [0.2, 0.25) is 5.02 Å². The highest BCUT2D eigenvalue weighted by atomic mass is 35.5. The Kier molecular flexibility index (Phi) is 5.72. The molecule has 1 aliphatic heterocycles. The highest BCUT2D eigenvalue weighted by Gasteiger charge is 2.30. The Balaban J connectivity index is 2.23. The lowest BCUT2D eigenvalue weighted by Gasteiger charge is -2.24. The number of carbonyl (C=O) groups is 2. The number of nitrogens with zero attached hydrogens (tertiary/aromatic N) is 1. The molecule has 2 rings (SSSR count). The molecule has 7 heteroatoms. The minimum Gasteiger partial charge on any atom is -0.491 e. The summed E-state index contributed by atoms with van der Waals surface area (Å²) in [6, 6.07) is 3.68. The van der Waals surface area contributed by atoms with Crippen molar-refractivity contribution in [2.75, 3.05) is 13.7 Å². The Hall–Kier alpha value is -2.08. The molecule has 0 bridgehead atoms. The number of amides is 1. The summed E-state index contributed by atoms with van der Waals surface area (Å²) in [5, 5.41) is 4.58. The third kappa shape index (κ3) is 4.31. The zero-order valence-corrected chi connectivity index (χ0v) is 15.9. The minimum atomic E-state index is -0.782. The number of ether oxygens (including phenoxy) is 2. The number of carbonyl (C=O) groups excluding carboxylic acids is 2. The number of aryl methyl sites for hydroxylation is 1. The van der Waals surface area contributed by atoms with Crippen LogP contribution in [0.4, 0.5) is 0 Å². The van der Waals surface area contributed by atoms with Crippen LogP contribution >= 0.6 is 11.6 Å². The average Bonchev–Trinajstić information content (AvgIpc) is 2.52. The number of benzene rings is 1. The van der Waals surface area contributed by atoms with Crippen LogP contribution < -0.4 is 10.2 Å². The first-order valence-electron chi connectivity index (χ1n) is 8.04. The molecule has 1 heterocycles. The zero-order chi connectivity index (χ0) is 18.8. The molecule has 0 aromatic heterocycles. The van der Waals surface area contributed by atoms with Crippen molar-refractivity contribution >= 4 is 29.2 Å². The molecular formula is C18H23ClN2O4. The highest BCUT2D eigenvalue weighted by molar-refractivity contribution is 6.32. The molecule has 1 aromatic carbocycles. The summed E-state index contributed by atoms with van der Waals surface area (Å²) >= 11 is 6.39. The summed E-state index contributed by atoms with van der Waals surface area (Å²) in [5.74, 6) is 0.0906. The lowest BCUT2D eigenvalue weighted by atomic mass is 9.93. The van der Waals surface area contributed by atoms with E-state index >= 15 is 0 Å². The van der Waals surface area contributed by atoms with E-state index in [1.54, 1.807) is 19.9 Å². The summed E-state index contributed by atoms with van der Waals surface area (Å²) in [5.41, 5.74) is 4.17. The van der Waals surface area contributed by atoms with Gasteiger partial charge in [-0.05, 0) is 38.5 Å². The molecule has 0 radical (unpaired) electrons. The molecule has 1 atom stereocenters. The van der Waals surface area contributed by atoms with E-state index in [9.17, 15) is 9.59 Å². The van der Waals surface area contributed by atoms with Gasteiger partial charge in [-0.3, -0.25) is 9.59 Å². The predicted molar refractivity (Wildman–Crippen MR) is 95.9 cm³/mol. The molecule has 25 heavy (non-hydrogen) atoms. The zero-order valence-electron chi connectivity index (χ0n) is 15.1. The van der Waals surface area contributed by atoms with Crippen molar-refractivity contribution in [1.29, 1.82) is 0 Å². The summed E-state index contributed by atoms with van der Waals surface area (Å²) in [4.78, 5) is 23.2. The fourth-order valence-corrected chi connectivity index (χ4v) is 2.97. The molecule has 1 N–H and O–H groups in total. The maximum absolute atomic E-state index is 11.8. The van der Waals surface area contributed by atoms with E-state index in [1.807, 2.05) is 19.9 Å². The lowest BCUT2D eigenvalue weighted by molar-refractivity contribution is -0.152. The molecule has 136 valence electrons. The Bertz CT molecular complexity index is 705. The van der Waals surface area contributed by atoms with Crippen molar-refractivity contribution in [3.63, 3.8) is 0 Å². The standard InChI is InChI=1S/C18H23ClN2O4/c1-10-7-14(22)20-21-15(10)12-6-11(2)16(13(19)8-12)25-9-18(3,4)17(23)24-5/h6,8,10H,7,9H2,1-5H3,(H,20,22). The van der Waals surface area contributed by atoms with Crippen molar-refractivity contribution < 1.29 is 19.1 Å². The Labute approximate surface area is 152 Å². The largest absolute Gasteiger partial charge is 0.491 e. The maximum atomic E-state index is 11.8. The van der Waals surface area contributed by atoms with Gasteiger partial charge in [0.25, 0.3) is 0 Å². The number of halogens is 1. The van der Waals surface area contributed by atoms with Gasteiger partial charge in [0, 0.05) is 17.9 Å². The minimum absolute atomic E-state index is 0.00856. The monoisotopic (exact) mass is 366 g/mol. The van der Waals surface area contributed by atoms with Gasteiger partial charge < -0.3 is 9.47 Å². The summed E-state index contributed by atoms with van der Waals surface area (Å²) < 4.78 is 10.6. The summed E-state index contributed by atoms with van der Waals surface area (Å²) in [6.45, 7) is 7.47. The molecule has 1 amide bonds. The predicted octanol–water partition coefficient (Wildman–Crippen LogP) is 3.09. The second-order valence-electron chi connectivity index (χ2n) is 6.91. The number of hydrogen-bond donors (Lipinski definition) is 1. The Morgan fingerprint density at radius 3 is 2.68 bits per heavy atom. The number of esters is 1. The maximum Gasteiger partial charge on any atom is 0.314 e. The summed E-state index contributed by atoms with van der Waals surface area (Å²) in [6.07, 6.45) is 0.390. The second-order valence-corrected chi connectivity index (χ2v) is 7.31. The molecular weight excluding hydrogens is 344 g/mol. The first kappa shape index (κ1) is 19.2. The van der Waals surface area contributed by atoms with Crippen LogP contribution in [0.1, 0.15) is 38.3 Å². The molecule has 0 aliphatic carbocycles. The van der Waals surface area contributed by atoms with E-state index in [2.05, 4.69) is 10.5 Å². The van der Waals surface area contributed by atoms with Gasteiger partial charge in [0.2, 0.25) is 5.91 Å². The van der Waals surface area contributed by atoms with Crippen molar-refractivity contribution in [1.82, 2.24) is 5.43 Å². The van der Waals surface area contributed by atoms with Crippen LogP contribution in [0, 0.1) is 18.3 Å². The average molecular weight is 367 g/mol. The fourth-order valence-electron chi connectivity index (χ4n) is 2.65. The Morgan fingerprint density at radius 1 is 1.44 bits per heavy atom. The molecule has 0 saturated carbocycles. The van der Waals surface area contributed by atoms with E-state index < -0.39 is 5.41 Å². The normalized spacial score (nSPS) is 17.6. The number of methoxy groups -OCH3 is 1. The van der Waals surface area contributed by atoms with E-state index in [0.29, 0.717) is 17.2 Å². The molecule has 0 spiro atoms.